The van der Waals surface area contributed by atoms with Crippen molar-refractivity contribution in [1.29, 1.82) is 0 Å². The highest BCUT2D eigenvalue weighted by Crippen LogP contribution is 2.25. The smallest absolute Gasteiger partial charge is 0.252 e. The summed E-state index contributed by atoms with van der Waals surface area (Å²) in [5.41, 5.74) is 0.629. The van der Waals surface area contributed by atoms with Crippen LogP contribution < -0.4 is 10.6 Å². The lowest BCUT2D eigenvalue weighted by atomic mass is 9.89. The van der Waals surface area contributed by atoms with Gasteiger partial charge in [0.1, 0.15) is 11.6 Å². The first-order valence-electron chi connectivity index (χ1n) is 10.7. The van der Waals surface area contributed by atoms with Crippen LogP contribution in [0.2, 0.25) is 0 Å². The van der Waals surface area contributed by atoms with E-state index in [1.165, 1.54) is 49.9 Å². The van der Waals surface area contributed by atoms with Gasteiger partial charge in [-0.1, -0.05) is 37.5 Å². The van der Waals surface area contributed by atoms with E-state index in [4.69, 9.17) is 0 Å². The number of carbonyl (C=O) groups excluding carboxylic acids is 2. The quantitative estimate of drug-likeness (QED) is 0.545. The highest BCUT2D eigenvalue weighted by atomic mass is 32.2. The van der Waals surface area contributed by atoms with Gasteiger partial charge in [-0.2, -0.15) is 0 Å². The molecule has 1 aliphatic rings. The molecule has 2 aromatic carbocycles. The second-order valence-electron chi connectivity index (χ2n) is 7.95. The number of carbonyl (C=O) groups is 2. The summed E-state index contributed by atoms with van der Waals surface area (Å²) in [6.45, 7) is 2.35. The van der Waals surface area contributed by atoms with Gasteiger partial charge in [-0.3, -0.25) is 9.59 Å². The summed E-state index contributed by atoms with van der Waals surface area (Å²) in [6, 6.07) is 9.66. The number of halogens is 2. The SMILES string of the molecule is CC(NC(=O)c1ccccc1SCC(=O)NCC1CCCCC1)c1ccc(F)cc1F. The Balaban J connectivity index is 1.56. The Labute approximate surface area is 186 Å². The molecule has 2 aromatic rings. The van der Waals surface area contributed by atoms with Gasteiger partial charge in [0.2, 0.25) is 5.91 Å². The molecule has 2 amide bonds. The number of nitrogens with one attached hydrogen (secondary N) is 2. The van der Waals surface area contributed by atoms with Crippen LogP contribution in [0.4, 0.5) is 8.78 Å². The molecule has 0 saturated heterocycles. The highest BCUT2D eigenvalue weighted by Gasteiger charge is 2.19. The number of hydrogen-bond donors (Lipinski definition) is 2. The van der Waals surface area contributed by atoms with Crippen LogP contribution in [0, 0.1) is 17.6 Å². The Morgan fingerprint density at radius 1 is 1.10 bits per heavy atom. The summed E-state index contributed by atoms with van der Waals surface area (Å²) in [7, 11) is 0. The highest BCUT2D eigenvalue weighted by molar-refractivity contribution is 8.00. The molecular formula is C24H28F2N2O2S. The van der Waals surface area contributed by atoms with Gasteiger partial charge in [0.05, 0.1) is 17.4 Å². The summed E-state index contributed by atoms with van der Waals surface area (Å²) >= 11 is 1.30. The minimum atomic E-state index is -0.704. The lowest BCUT2D eigenvalue weighted by Gasteiger charge is -2.21. The Morgan fingerprint density at radius 3 is 2.58 bits per heavy atom. The molecule has 1 atom stereocenters. The van der Waals surface area contributed by atoms with Crippen molar-refractivity contribution in [2.45, 2.75) is 50.0 Å². The predicted molar refractivity (Wildman–Crippen MR) is 119 cm³/mol. The van der Waals surface area contributed by atoms with E-state index in [2.05, 4.69) is 10.6 Å². The third kappa shape index (κ3) is 6.79. The molecule has 1 unspecified atom stereocenters. The largest absolute Gasteiger partial charge is 0.355 e. The van der Waals surface area contributed by atoms with Gasteiger partial charge in [0, 0.05) is 23.1 Å². The fourth-order valence-electron chi connectivity index (χ4n) is 3.83. The third-order valence-electron chi connectivity index (χ3n) is 5.58. The molecule has 1 aliphatic carbocycles. The van der Waals surface area contributed by atoms with Gasteiger partial charge >= 0.3 is 0 Å². The molecule has 0 radical (unpaired) electrons. The van der Waals surface area contributed by atoms with Crippen LogP contribution >= 0.6 is 11.8 Å². The molecule has 1 fully saturated rings. The predicted octanol–water partition coefficient (Wildman–Crippen LogP) is 5.24. The lowest BCUT2D eigenvalue weighted by Crippen LogP contribution is -2.31. The summed E-state index contributed by atoms with van der Waals surface area (Å²) < 4.78 is 27.1. The lowest BCUT2D eigenvalue weighted by molar-refractivity contribution is -0.118. The van der Waals surface area contributed by atoms with E-state index in [0.717, 1.165) is 12.1 Å². The minimum absolute atomic E-state index is 0.0486. The van der Waals surface area contributed by atoms with E-state index in [9.17, 15) is 18.4 Å². The molecule has 0 spiro atoms. The molecule has 4 nitrogen and oxygen atoms in total. The van der Waals surface area contributed by atoms with Crippen LogP contribution in [-0.4, -0.2) is 24.1 Å². The first-order valence-corrected chi connectivity index (χ1v) is 11.7. The van der Waals surface area contributed by atoms with E-state index >= 15 is 0 Å². The molecule has 0 bridgehead atoms. The van der Waals surface area contributed by atoms with Gasteiger partial charge in [0.15, 0.2) is 0 Å². The minimum Gasteiger partial charge on any atom is -0.355 e. The summed E-state index contributed by atoms with van der Waals surface area (Å²) in [5, 5.41) is 5.76. The molecule has 166 valence electrons. The molecule has 2 N–H and O–H groups in total. The average molecular weight is 447 g/mol. The molecule has 0 aromatic heterocycles. The Kier molecular flexibility index (Phi) is 8.46. The Hall–Kier alpha value is -2.41. The van der Waals surface area contributed by atoms with Crippen molar-refractivity contribution in [3.63, 3.8) is 0 Å². The van der Waals surface area contributed by atoms with Crippen LogP contribution in [0.25, 0.3) is 0 Å². The third-order valence-corrected chi connectivity index (χ3v) is 6.65. The molecule has 3 rings (SSSR count). The number of thioether (sulfide) groups is 1. The maximum Gasteiger partial charge on any atom is 0.252 e. The maximum absolute atomic E-state index is 14.0. The molecule has 0 aliphatic heterocycles. The van der Waals surface area contributed by atoms with Crippen molar-refractivity contribution in [2.24, 2.45) is 5.92 Å². The zero-order valence-corrected chi connectivity index (χ0v) is 18.4. The maximum atomic E-state index is 14.0. The molecule has 7 heteroatoms. The second-order valence-corrected chi connectivity index (χ2v) is 8.97. The molecule has 0 heterocycles. The summed E-state index contributed by atoms with van der Waals surface area (Å²) in [5.74, 6) is -1.00. The van der Waals surface area contributed by atoms with Gasteiger partial charge in [0.25, 0.3) is 5.91 Å². The van der Waals surface area contributed by atoms with Gasteiger partial charge in [-0.15, -0.1) is 11.8 Å². The monoisotopic (exact) mass is 446 g/mol. The van der Waals surface area contributed by atoms with Crippen LogP contribution in [0.1, 0.15) is 61.0 Å². The topological polar surface area (TPSA) is 58.2 Å². The summed E-state index contributed by atoms with van der Waals surface area (Å²) in [4.78, 5) is 25.7. The van der Waals surface area contributed by atoms with Crippen molar-refractivity contribution >= 4 is 23.6 Å². The van der Waals surface area contributed by atoms with Crippen molar-refractivity contribution in [3.05, 3.63) is 65.2 Å². The van der Waals surface area contributed by atoms with Crippen LogP contribution in [-0.2, 0) is 4.79 Å². The van der Waals surface area contributed by atoms with Gasteiger partial charge in [-0.25, -0.2) is 8.78 Å². The Bertz CT molecular complexity index is 916. The normalized spacial score (nSPS) is 15.3. The van der Waals surface area contributed by atoms with Crippen LogP contribution in [0.5, 0.6) is 0 Å². The second kappa shape index (κ2) is 11.3. The van der Waals surface area contributed by atoms with Crippen molar-refractivity contribution in [1.82, 2.24) is 10.6 Å². The van der Waals surface area contributed by atoms with Crippen LogP contribution in [0.3, 0.4) is 0 Å². The first-order chi connectivity index (χ1) is 14.9. The van der Waals surface area contributed by atoms with Crippen molar-refractivity contribution in [3.8, 4) is 0 Å². The zero-order valence-electron chi connectivity index (χ0n) is 17.6. The zero-order chi connectivity index (χ0) is 22.2. The van der Waals surface area contributed by atoms with Crippen molar-refractivity contribution < 1.29 is 18.4 Å². The van der Waals surface area contributed by atoms with E-state index in [-0.39, 0.29) is 23.1 Å². The number of benzene rings is 2. The van der Waals surface area contributed by atoms with Gasteiger partial charge < -0.3 is 10.6 Å². The Morgan fingerprint density at radius 2 is 1.84 bits per heavy atom. The van der Waals surface area contributed by atoms with Crippen molar-refractivity contribution in [2.75, 3.05) is 12.3 Å². The van der Waals surface area contributed by atoms with E-state index in [1.54, 1.807) is 25.1 Å². The number of hydrogen-bond acceptors (Lipinski definition) is 3. The van der Waals surface area contributed by atoms with E-state index in [0.29, 0.717) is 22.9 Å². The first kappa shape index (κ1) is 23.3. The number of amides is 2. The fourth-order valence-corrected chi connectivity index (χ4v) is 4.71. The average Bonchev–Trinajstić information content (AvgIpc) is 2.77. The number of rotatable bonds is 8. The van der Waals surface area contributed by atoms with Crippen LogP contribution in [0.15, 0.2) is 47.4 Å². The molecule has 31 heavy (non-hydrogen) atoms. The molecule has 1 saturated carbocycles. The van der Waals surface area contributed by atoms with Gasteiger partial charge in [-0.05, 0) is 43.9 Å². The summed E-state index contributed by atoms with van der Waals surface area (Å²) in [6.07, 6.45) is 6.09. The van der Waals surface area contributed by atoms with E-state index in [1.807, 2.05) is 6.07 Å². The standard InChI is InChI=1S/C24H28F2N2O2S/c1-16(19-12-11-18(25)13-21(19)26)28-24(30)20-9-5-6-10-22(20)31-15-23(29)27-14-17-7-3-2-4-8-17/h5-6,9-13,16-17H,2-4,7-8,14-15H2,1H3,(H,27,29)(H,28,30). The van der Waals surface area contributed by atoms with E-state index < -0.39 is 17.7 Å². The molecular weight excluding hydrogens is 418 g/mol. The fraction of sp³-hybridized carbons (Fsp3) is 0.417.